The molecule has 2 rings (SSSR count). The van der Waals surface area contributed by atoms with Crippen LogP contribution in [0.2, 0.25) is 0 Å². The summed E-state index contributed by atoms with van der Waals surface area (Å²) in [7, 11) is 0. The number of amides is 1. The van der Waals surface area contributed by atoms with E-state index in [4.69, 9.17) is 0 Å². The number of rotatable bonds is 4. The minimum absolute atomic E-state index is 0.00440. The summed E-state index contributed by atoms with van der Waals surface area (Å²) in [6.45, 7) is 2.48. The molecule has 0 aliphatic carbocycles. The lowest BCUT2D eigenvalue weighted by Crippen LogP contribution is -2.16. The van der Waals surface area contributed by atoms with E-state index in [1.165, 1.54) is 18.5 Å². The molecule has 0 aliphatic rings. The lowest BCUT2D eigenvalue weighted by molar-refractivity contribution is 0.102. The second-order valence-corrected chi connectivity index (χ2v) is 5.01. The number of nitrogens with one attached hydrogen (secondary N) is 2. The zero-order chi connectivity index (χ0) is 15.4. The summed E-state index contributed by atoms with van der Waals surface area (Å²) in [5.74, 6) is -1.93. The molecule has 110 valence electrons. The number of hydrogen-bond donors (Lipinski definition) is 2. The third-order valence-corrected chi connectivity index (χ3v) is 3.30. The van der Waals surface area contributed by atoms with Crippen LogP contribution < -0.4 is 10.6 Å². The van der Waals surface area contributed by atoms with Gasteiger partial charge in [-0.3, -0.25) is 9.78 Å². The van der Waals surface area contributed by atoms with E-state index >= 15 is 0 Å². The minimum Gasteiger partial charge on any atom is -0.383 e. The fraction of sp³-hybridized carbons (Fsp3) is 0.143. The standard InChI is InChI=1S/C14H12BrF2N3O/c1-2-19-13-7-18-4-3-8(13)14(21)20-12-6-10(16)9(15)5-11(12)17/h3-7,19H,2H2,1H3,(H,20,21). The molecular formula is C14H12BrF2N3O. The van der Waals surface area contributed by atoms with E-state index < -0.39 is 17.5 Å². The molecule has 0 radical (unpaired) electrons. The van der Waals surface area contributed by atoms with E-state index in [1.807, 2.05) is 6.92 Å². The van der Waals surface area contributed by atoms with Crippen LogP contribution in [0.15, 0.2) is 35.1 Å². The number of anilines is 2. The molecule has 0 fully saturated rings. The van der Waals surface area contributed by atoms with Crippen molar-refractivity contribution in [3.8, 4) is 0 Å². The van der Waals surface area contributed by atoms with Crippen molar-refractivity contribution < 1.29 is 13.6 Å². The van der Waals surface area contributed by atoms with Crippen molar-refractivity contribution in [3.63, 3.8) is 0 Å². The highest BCUT2D eigenvalue weighted by Crippen LogP contribution is 2.24. The highest BCUT2D eigenvalue weighted by atomic mass is 79.9. The maximum absolute atomic E-state index is 13.7. The van der Waals surface area contributed by atoms with Crippen molar-refractivity contribution in [2.24, 2.45) is 0 Å². The first-order chi connectivity index (χ1) is 10.0. The largest absolute Gasteiger partial charge is 0.383 e. The van der Waals surface area contributed by atoms with Crippen LogP contribution in [0.4, 0.5) is 20.2 Å². The van der Waals surface area contributed by atoms with Crippen molar-refractivity contribution in [1.29, 1.82) is 0 Å². The van der Waals surface area contributed by atoms with Crippen LogP contribution in [0.25, 0.3) is 0 Å². The Morgan fingerprint density at radius 1 is 1.29 bits per heavy atom. The van der Waals surface area contributed by atoms with Crippen LogP contribution in [0, 0.1) is 11.6 Å². The van der Waals surface area contributed by atoms with E-state index in [0.717, 1.165) is 12.1 Å². The minimum atomic E-state index is -0.726. The summed E-state index contributed by atoms with van der Waals surface area (Å²) in [4.78, 5) is 16.1. The molecule has 2 aromatic rings. The number of carbonyl (C=O) groups excluding carboxylic acids is 1. The van der Waals surface area contributed by atoms with Gasteiger partial charge in [0.15, 0.2) is 0 Å². The third-order valence-electron chi connectivity index (χ3n) is 2.69. The quantitative estimate of drug-likeness (QED) is 0.820. The average Bonchev–Trinajstić information content (AvgIpc) is 2.45. The highest BCUT2D eigenvalue weighted by molar-refractivity contribution is 9.10. The number of nitrogens with zero attached hydrogens (tertiary/aromatic N) is 1. The average molecular weight is 356 g/mol. The topological polar surface area (TPSA) is 54.0 Å². The van der Waals surface area contributed by atoms with Gasteiger partial charge in [-0.25, -0.2) is 8.78 Å². The van der Waals surface area contributed by atoms with Crippen molar-refractivity contribution in [2.75, 3.05) is 17.2 Å². The Hall–Kier alpha value is -2.02. The molecular weight excluding hydrogens is 344 g/mol. The molecule has 0 aliphatic heterocycles. The Kier molecular flexibility index (Phi) is 4.85. The van der Waals surface area contributed by atoms with Crippen LogP contribution in [0.5, 0.6) is 0 Å². The SMILES string of the molecule is CCNc1cnccc1C(=O)Nc1cc(F)c(Br)cc1F. The van der Waals surface area contributed by atoms with E-state index in [2.05, 4.69) is 31.5 Å². The second-order valence-electron chi connectivity index (χ2n) is 4.15. The number of aromatic nitrogens is 1. The van der Waals surface area contributed by atoms with Gasteiger partial charge in [-0.1, -0.05) is 0 Å². The maximum atomic E-state index is 13.7. The first kappa shape index (κ1) is 15.4. The van der Waals surface area contributed by atoms with Crippen LogP contribution in [-0.4, -0.2) is 17.4 Å². The van der Waals surface area contributed by atoms with Gasteiger partial charge in [0.2, 0.25) is 0 Å². The third kappa shape index (κ3) is 3.55. The van der Waals surface area contributed by atoms with E-state index in [9.17, 15) is 13.6 Å². The van der Waals surface area contributed by atoms with Gasteiger partial charge in [-0.15, -0.1) is 0 Å². The summed E-state index contributed by atoms with van der Waals surface area (Å²) in [6.07, 6.45) is 2.95. The fourth-order valence-corrected chi connectivity index (χ4v) is 2.05. The van der Waals surface area contributed by atoms with Crippen molar-refractivity contribution >= 4 is 33.2 Å². The molecule has 0 spiro atoms. The lowest BCUT2D eigenvalue weighted by Gasteiger charge is -2.11. The molecule has 0 saturated carbocycles. The molecule has 0 saturated heterocycles. The molecule has 0 bridgehead atoms. The lowest BCUT2D eigenvalue weighted by atomic mass is 10.2. The predicted octanol–water partition coefficient (Wildman–Crippen LogP) is 3.81. The number of halogens is 3. The first-order valence-corrected chi connectivity index (χ1v) is 6.96. The van der Waals surface area contributed by atoms with Gasteiger partial charge >= 0.3 is 0 Å². The molecule has 1 aromatic heterocycles. The summed E-state index contributed by atoms with van der Waals surface area (Å²) in [6, 6.07) is 3.38. The molecule has 1 amide bonds. The summed E-state index contributed by atoms with van der Waals surface area (Å²) >= 11 is 2.88. The normalized spacial score (nSPS) is 10.3. The number of carbonyl (C=O) groups is 1. The highest BCUT2D eigenvalue weighted by Gasteiger charge is 2.15. The van der Waals surface area contributed by atoms with Gasteiger partial charge in [-0.2, -0.15) is 0 Å². The van der Waals surface area contributed by atoms with Gasteiger partial charge in [0.1, 0.15) is 11.6 Å². The Morgan fingerprint density at radius 3 is 2.76 bits per heavy atom. The van der Waals surface area contributed by atoms with E-state index in [-0.39, 0.29) is 10.2 Å². The molecule has 21 heavy (non-hydrogen) atoms. The molecule has 2 N–H and O–H groups in total. The number of benzene rings is 1. The Bertz CT molecular complexity index is 679. The van der Waals surface area contributed by atoms with Crippen LogP contribution in [0.1, 0.15) is 17.3 Å². The predicted molar refractivity (Wildman–Crippen MR) is 80.4 cm³/mol. The van der Waals surface area contributed by atoms with Crippen LogP contribution in [0.3, 0.4) is 0 Å². The Morgan fingerprint density at radius 2 is 2.05 bits per heavy atom. The Balaban J connectivity index is 2.28. The summed E-state index contributed by atoms with van der Waals surface area (Å²) in [5, 5.41) is 5.33. The van der Waals surface area contributed by atoms with Gasteiger partial charge < -0.3 is 10.6 Å². The molecule has 0 atom stereocenters. The van der Waals surface area contributed by atoms with Gasteiger partial charge in [0.25, 0.3) is 5.91 Å². The van der Waals surface area contributed by atoms with Gasteiger partial charge in [-0.05, 0) is 35.0 Å². The monoisotopic (exact) mass is 355 g/mol. The zero-order valence-corrected chi connectivity index (χ0v) is 12.7. The maximum Gasteiger partial charge on any atom is 0.257 e. The van der Waals surface area contributed by atoms with E-state index in [1.54, 1.807) is 0 Å². The molecule has 4 nitrogen and oxygen atoms in total. The summed E-state index contributed by atoms with van der Waals surface area (Å²) < 4.78 is 27.1. The smallest absolute Gasteiger partial charge is 0.257 e. The van der Waals surface area contributed by atoms with Gasteiger partial charge in [0, 0.05) is 18.8 Å². The molecule has 7 heteroatoms. The molecule has 1 heterocycles. The van der Waals surface area contributed by atoms with Gasteiger partial charge in [0.05, 0.1) is 27.6 Å². The van der Waals surface area contributed by atoms with Crippen molar-refractivity contribution in [2.45, 2.75) is 6.92 Å². The molecule has 0 unspecified atom stereocenters. The second kappa shape index (κ2) is 6.62. The van der Waals surface area contributed by atoms with Crippen LogP contribution >= 0.6 is 15.9 Å². The van der Waals surface area contributed by atoms with Crippen molar-refractivity contribution in [3.05, 3.63) is 52.3 Å². The first-order valence-electron chi connectivity index (χ1n) is 6.16. The zero-order valence-electron chi connectivity index (χ0n) is 11.1. The number of hydrogen-bond acceptors (Lipinski definition) is 3. The van der Waals surface area contributed by atoms with E-state index in [0.29, 0.717) is 17.8 Å². The van der Waals surface area contributed by atoms with Crippen LogP contribution in [-0.2, 0) is 0 Å². The summed E-state index contributed by atoms with van der Waals surface area (Å²) in [5.41, 5.74) is 0.602. The number of pyridine rings is 1. The van der Waals surface area contributed by atoms with Crippen molar-refractivity contribution in [1.82, 2.24) is 4.98 Å². The Labute approximate surface area is 128 Å². The fourth-order valence-electron chi connectivity index (χ4n) is 1.73. The molecule has 1 aromatic carbocycles.